The lowest BCUT2D eigenvalue weighted by atomic mass is 10.1. The minimum absolute atomic E-state index is 0.0627. The van der Waals surface area contributed by atoms with Gasteiger partial charge in [-0.25, -0.2) is 0 Å². The fourth-order valence-corrected chi connectivity index (χ4v) is 5.36. The number of carbonyl (C=O) groups excluding carboxylic acids is 5. The maximum Gasteiger partial charge on any atom is 0.326 e. The minimum atomic E-state index is -0.982. The normalized spacial score (nSPS) is 16.4. The molecule has 0 saturated heterocycles. The molecule has 0 aliphatic carbocycles. The third kappa shape index (κ3) is 7.38. The molecule has 1 N–H and O–H groups in total. The Hall–Kier alpha value is -5.03. The van der Waals surface area contributed by atoms with Crippen molar-refractivity contribution in [3.05, 3.63) is 95.6 Å². The van der Waals surface area contributed by atoms with Gasteiger partial charge in [-0.15, -0.1) is 0 Å². The van der Waals surface area contributed by atoms with Gasteiger partial charge in [-0.05, 0) is 56.0 Å². The molecule has 11 heteroatoms. The van der Waals surface area contributed by atoms with E-state index >= 15 is 0 Å². The van der Waals surface area contributed by atoms with Crippen molar-refractivity contribution in [2.45, 2.75) is 44.9 Å². The molecule has 2 aliphatic rings. The van der Waals surface area contributed by atoms with Crippen LogP contribution >= 0.6 is 0 Å². The van der Waals surface area contributed by atoms with Crippen LogP contribution in [-0.2, 0) is 30.5 Å². The second kappa shape index (κ2) is 14.6. The quantitative estimate of drug-likeness (QED) is 0.175. The molecule has 0 bridgehead atoms. The van der Waals surface area contributed by atoms with E-state index in [0.29, 0.717) is 35.4 Å². The zero-order valence-electron chi connectivity index (χ0n) is 25.0. The van der Waals surface area contributed by atoms with Crippen molar-refractivity contribution in [1.82, 2.24) is 10.2 Å². The van der Waals surface area contributed by atoms with Gasteiger partial charge in [0.25, 0.3) is 11.8 Å². The molecule has 0 radical (unpaired) electrons. The van der Waals surface area contributed by atoms with E-state index in [1.807, 2.05) is 30.3 Å². The van der Waals surface area contributed by atoms with Crippen molar-refractivity contribution in [2.24, 2.45) is 0 Å². The Kier molecular flexibility index (Phi) is 10.2. The fourth-order valence-electron chi connectivity index (χ4n) is 5.36. The average molecular weight is 614 g/mol. The first-order valence-corrected chi connectivity index (χ1v) is 15.0. The lowest BCUT2D eigenvalue weighted by Crippen LogP contribution is -2.55. The molecule has 5 rings (SSSR count). The highest BCUT2D eigenvalue weighted by molar-refractivity contribution is 6.21. The van der Waals surface area contributed by atoms with Crippen molar-refractivity contribution < 1.29 is 38.2 Å². The summed E-state index contributed by atoms with van der Waals surface area (Å²) >= 11 is 0. The van der Waals surface area contributed by atoms with Crippen LogP contribution in [0.2, 0.25) is 0 Å². The lowest BCUT2D eigenvalue weighted by Gasteiger charge is -2.26. The largest absolute Gasteiger partial charge is 0.489 e. The van der Waals surface area contributed by atoms with Gasteiger partial charge in [0.1, 0.15) is 37.6 Å². The lowest BCUT2D eigenvalue weighted by molar-refractivity contribution is -0.147. The molecule has 2 atom stereocenters. The zero-order chi connectivity index (χ0) is 31.8. The van der Waals surface area contributed by atoms with Crippen LogP contribution in [0.4, 0.5) is 5.69 Å². The SMILES string of the molecule is CCOC(=O)[C@H](CCCCN1C(=O)c2ccccc2C1=O)N[C@H]1COc2ccccc2N(CC(=O)OCc2ccccc2)C1=O. The number of ether oxygens (including phenoxy) is 3. The summed E-state index contributed by atoms with van der Waals surface area (Å²) in [7, 11) is 0. The number of imide groups is 1. The van der Waals surface area contributed by atoms with E-state index in [4.69, 9.17) is 14.2 Å². The van der Waals surface area contributed by atoms with Crippen LogP contribution in [0, 0.1) is 0 Å². The van der Waals surface area contributed by atoms with Gasteiger partial charge >= 0.3 is 11.9 Å². The average Bonchev–Trinajstić information content (AvgIpc) is 3.22. The number of unbranched alkanes of at least 4 members (excludes halogenated alkanes) is 1. The molecule has 0 spiro atoms. The first-order chi connectivity index (χ1) is 21.9. The first-order valence-electron chi connectivity index (χ1n) is 15.0. The van der Waals surface area contributed by atoms with Crippen LogP contribution in [0.1, 0.15) is 52.5 Å². The number of nitrogens with one attached hydrogen (secondary N) is 1. The number of esters is 2. The molecule has 234 valence electrons. The van der Waals surface area contributed by atoms with Crippen LogP contribution in [0.15, 0.2) is 78.9 Å². The number of hydrogen-bond donors (Lipinski definition) is 1. The van der Waals surface area contributed by atoms with E-state index in [2.05, 4.69) is 5.32 Å². The van der Waals surface area contributed by atoms with Gasteiger partial charge in [0, 0.05) is 6.54 Å². The van der Waals surface area contributed by atoms with E-state index in [1.54, 1.807) is 55.5 Å². The number of carbonyl (C=O) groups is 5. The maximum absolute atomic E-state index is 13.9. The Morgan fingerprint density at radius 3 is 2.24 bits per heavy atom. The maximum atomic E-state index is 13.9. The number of benzene rings is 3. The summed E-state index contributed by atoms with van der Waals surface area (Å²) in [6.07, 6.45) is 1.18. The second-order valence-electron chi connectivity index (χ2n) is 10.7. The molecule has 11 nitrogen and oxygen atoms in total. The van der Waals surface area contributed by atoms with Crippen LogP contribution < -0.4 is 15.0 Å². The third-order valence-electron chi connectivity index (χ3n) is 7.63. The Bertz CT molecular complexity index is 1520. The van der Waals surface area contributed by atoms with Gasteiger partial charge in [0.2, 0.25) is 5.91 Å². The molecule has 0 aromatic heterocycles. The van der Waals surface area contributed by atoms with E-state index in [1.165, 1.54) is 9.80 Å². The number of rotatable bonds is 13. The van der Waals surface area contributed by atoms with Crippen LogP contribution in [0.3, 0.4) is 0 Å². The second-order valence-corrected chi connectivity index (χ2v) is 10.7. The molecule has 2 aliphatic heterocycles. The highest BCUT2D eigenvalue weighted by Gasteiger charge is 2.37. The number of nitrogens with zero attached hydrogens (tertiary/aromatic N) is 2. The molecule has 0 fully saturated rings. The van der Waals surface area contributed by atoms with E-state index in [0.717, 1.165) is 5.56 Å². The van der Waals surface area contributed by atoms with Gasteiger partial charge in [0.05, 0.1) is 23.4 Å². The van der Waals surface area contributed by atoms with E-state index in [-0.39, 0.29) is 51.1 Å². The monoisotopic (exact) mass is 613 g/mol. The number of amides is 3. The summed E-state index contributed by atoms with van der Waals surface area (Å²) in [6, 6.07) is 20.9. The van der Waals surface area contributed by atoms with Crippen LogP contribution in [0.5, 0.6) is 5.75 Å². The van der Waals surface area contributed by atoms with E-state index < -0.39 is 29.9 Å². The number of para-hydroxylation sites is 2. The smallest absolute Gasteiger partial charge is 0.326 e. The molecule has 3 aromatic carbocycles. The summed E-state index contributed by atoms with van der Waals surface area (Å²) in [5.74, 6) is -1.85. The van der Waals surface area contributed by atoms with Crippen LogP contribution in [0.25, 0.3) is 0 Å². The number of anilines is 1. The van der Waals surface area contributed by atoms with Gasteiger partial charge in [-0.2, -0.15) is 0 Å². The molecule has 3 aromatic rings. The van der Waals surface area contributed by atoms with Crippen LogP contribution in [-0.4, -0.2) is 72.9 Å². The molecular formula is C34H35N3O8. The minimum Gasteiger partial charge on any atom is -0.489 e. The van der Waals surface area contributed by atoms with E-state index in [9.17, 15) is 24.0 Å². The van der Waals surface area contributed by atoms with Crippen molar-refractivity contribution in [3.63, 3.8) is 0 Å². The number of hydrogen-bond acceptors (Lipinski definition) is 9. The highest BCUT2D eigenvalue weighted by Crippen LogP contribution is 2.31. The fraction of sp³-hybridized carbons (Fsp3) is 0.324. The van der Waals surface area contributed by atoms with Gasteiger partial charge < -0.3 is 14.2 Å². The number of fused-ring (bicyclic) bond motifs is 2. The molecule has 2 heterocycles. The van der Waals surface area contributed by atoms with Crippen molar-refractivity contribution in [1.29, 1.82) is 0 Å². The molecular weight excluding hydrogens is 578 g/mol. The molecule has 0 saturated carbocycles. The summed E-state index contributed by atoms with van der Waals surface area (Å²) in [6.45, 7) is 1.65. The molecule has 3 amide bonds. The Labute approximate surface area is 261 Å². The summed E-state index contributed by atoms with van der Waals surface area (Å²) in [5.41, 5.74) is 2.00. The van der Waals surface area contributed by atoms with Gasteiger partial charge in [-0.3, -0.25) is 39.1 Å². The topological polar surface area (TPSA) is 132 Å². The van der Waals surface area contributed by atoms with Crippen molar-refractivity contribution in [3.8, 4) is 5.75 Å². The summed E-state index contributed by atoms with van der Waals surface area (Å²) in [4.78, 5) is 67.6. The Morgan fingerprint density at radius 2 is 1.53 bits per heavy atom. The zero-order valence-corrected chi connectivity index (χ0v) is 25.0. The first kappa shape index (κ1) is 31.4. The summed E-state index contributed by atoms with van der Waals surface area (Å²) < 4.78 is 16.7. The van der Waals surface area contributed by atoms with Crippen molar-refractivity contribution in [2.75, 3.05) is 31.2 Å². The predicted molar refractivity (Wildman–Crippen MR) is 164 cm³/mol. The molecule has 0 unspecified atom stereocenters. The Balaban J connectivity index is 1.23. The van der Waals surface area contributed by atoms with Gasteiger partial charge in [-0.1, -0.05) is 54.6 Å². The van der Waals surface area contributed by atoms with Gasteiger partial charge in [0.15, 0.2) is 0 Å². The highest BCUT2D eigenvalue weighted by atomic mass is 16.5. The predicted octanol–water partition coefficient (Wildman–Crippen LogP) is 3.51. The van der Waals surface area contributed by atoms with Crippen molar-refractivity contribution >= 4 is 35.3 Å². The third-order valence-corrected chi connectivity index (χ3v) is 7.63. The summed E-state index contributed by atoms with van der Waals surface area (Å²) in [5, 5.41) is 3.10. The standard InChI is InChI=1S/C34H35N3O8/c1-2-43-34(42)26(16-10-11-19-36-31(39)24-14-6-7-15-25(24)32(36)40)35-27-22-44-29-18-9-8-17-28(29)37(33(27)41)20-30(38)45-21-23-12-4-3-5-13-23/h3-9,12-15,17-18,26-27,35H,2,10-11,16,19-22H2,1H3/t26-,27-/m0/s1. The molecule has 45 heavy (non-hydrogen) atoms. The Morgan fingerprint density at radius 1 is 0.867 bits per heavy atom.